The van der Waals surface area contributed by atoms with Crippen molar-refractivity contribution in [1.82, 2.24) is 10.3 Å². The summed E-state index contributed by atoms with van der Waals surface area (Å²) in [6.45, 7) is 0.785. The van der Waals surface area contributed by atoms with E-state index >= 15 is 0 Å². The Balaban J connectivity index is 1.46. The van der Waals surface area contributed by atoms with E-state index in [1.54, 1.807) is 30.5 Å². The lowest BCUT2D eigenvalue weighted by atomic mass is 10.2. The van der Waals surface area contributed by atoms with Gasteiger partial charge in [0.1, 0.15) is 12.4 Å². The Morgan fingerprint density at radius 3 is 2.67 bits per heavy atom. The smallest absolute Gasteiger partial charge is 0.319 e. The summed E-state index contributed by atoms with van der Waals surface area (Å²) in [7, 11) is 0. The molecule has 1 heterocycles. The van der Waals surface area contributed by atoms with Crippen LogP contribution in [0.25, 0.3) is 0 Å². The molecule has 27 heavy (non-hydrogen) atoms. The van der Waals surface area contributed by atoms with Crippen LogP contribution < -0.4 is 15.4 Å². The number of benzene rings is 2. The van der Waals surface area contributed by atoms with Crippen molar-refractivity contribution in [2.45, 2.75) is 13.2 Å². The number of nitrogens with zero attached hydrogens (tertiary/aromatic N) is 2. The number of aromatic nitrogens is 1. The van der Waals surface area contributed by atoms with Gasteiger partial charge in [0, 0.05) is 18.4 Å². The van der Waals surface area contributed by atoms with Gasteiger partial charge in [-0.3, -0.25) is 4.98 Å². The van der Waals surface area contributed by atoms with Gasteiger partial charge in [-0.25, -0.2) is 4.79 Å². The maximum absolute atomic E-state index is 12.0. The summed E-state index contributed by atoms with van der Waals surface area (Å²) in [5, 5.41) is 14.4. The van der Waals surface area contributed by atoms with Crippen LogP contribution in [0.15, 0.2) is 72.9 Å². The Bertz CT molecular complexity index is 934. The quantitative estimate of drug-likeness (QED) is 0.700. The summed E-state index contributed by atoms with van der Waals surface area (Å²) < 4.78 is 5.68. The lowest BCUT2D eigenvalue weighted by Crippen LogP contribution is -2.28. The van der Waals surface area contributed by atoms with Crippen molar-refractivity contribution in [2.75, 3.05) is 5.32 Å². The summed E-state index contributed by atoms with van der Waals surface area (Å²) >= 11 is 0. The number of urea groups is 1. The number of hydrogen-bond donors (Lipinski definition) is 2. The van der Waals surface area contributed by atoms with E-state index in [1.165, 1.54) is 0 Å². The third-order valence-electron chi connectivity index (χ3n) is 3.74. The topological polar surface area (TPSA) is 87.0 Å². The molecule has 0 unspecified atom stereocenters. The lowest BCUT2D eigenvalue weighted by Gasteiger charge is -2.09. The van der Waals surface area contributed by atoms with Crippen molar-refractivity contribution in [3.8, 4) is 11.8 Å². The number of amides is 2. The average molecular weight is 358 g/mol. The Kier molecular flexibility index (Phi) is 6.00. The Morgan fingerprint density at radius 2 is 1.93 bits per heavy atom. The third kappa shape index (κ3) is 5.58. The summed E-state index contributed by atoms with van der Waals surface area (Å²) in [6.07, 6.45) is 1.73. The summed E-state index contributed by atoms with van der Waals surface area (Å²) in [5.41, 5.74) is 2.88. The van der Waals surface area contributed by atoms with Crippen LogP contribution in [0.1, 0.15) is 16.8 Å². The molecule has 0 aliphatic rings. The maximum Gasteiger partial charge on any atom is 0.319 e. The molecule has 2 amide bonds. The van der Waals surface area contributed by atoms with Gasteiger partial charge in [-0.15, -0.1) is 0 Å². The van der Waals surface area contributed by atoms with Crippen LogP contribution in [0.5, 0.6) is 5.75 Å². The number of nitriles is 1. The van der Waals surface area contributed by atoms with Crippen LogP contribution in [-0.2, 0) is 13.2 Å². The predicted octanol–water partition coefficient (Wildman–Crippen LogP) is 3.85. The van der Waals surface area contributed by atoms with Crippen LogP contribution in [0.3, 0.4) is 0 Å². The van der Waals surface area contributed by atoms with E-state index in [4.69, 9.17) is 10.00 Å². The number of carbonyl (C=O) groups excluding carboxylic acids is 1. The minimum Gasteiger partial charge on any atom is -0.487 e. The van der Waals surface area contributed by atoms with Gasteiger partial charge >= 0.3 is 6.03 Å². The molecule has 134 valence electrons. The number of carbonyl (C=O) groups is 1. The number of anilines is 1. The highest BCUT2D eigenvalue weighted by Crippen LogP contribution is 2.14. The average Bonchev–Trinajstić information content (AvgIpc) is 2.72. The van der Waals surface area contributed by atoms with Crippen LogP contribution in [-0.4, -0.2) is 11.0 Å². The number of rotatable bonds is 6. The van der Waals surface area contributed by atoms with Gasteiger partial charge in [-0.05, 0) is 48.0 Å². The van der Waals surface area contributed by atoms with E-state index in [9.17, 15) is 4.79 Å². The third-order valence-corrected chi connectivity index (χ3v) is 3.74. The van der Waals surface area contributed by atoms with Gasteiger partial charge < -0.3 is 15.4 Å². The predicted molar refractivity (Wildman–Crippen MR) is 102 cm³/mol. The zero-order valence-corrected chi connectivity index (χ0v) is 14.6. The monoisotopic (exact) mass is 358 g/mol. The number of hydrogen-bond acceptors (Lipinski definition) is 4. The highest BCUT2D eigenvalue weighted by molar-refractivity contribution is 5.89. The lowest BCUT2D eigenvalue weighted by molar-refractivity contribution is 0.251. The van der Waals surface area contributed by atoms with Crippen molar-refractivity contribution in [3.05, 3.63) is 89.7 Å². The first-order valence-corrected chi connectivity index (χ1v) is 8.39. The molecule has 0 radical (unpaired) electrons. The van der Waals surface area contributed by atoms with E-state index < -0.39 is 0 Å². The summed E-state index contributed by atoms with van der Waals surface area (Å²) in [4.78, 5) is 16.2. The Labute approximate surface area is 157 Å². The van der Waals surface area contributed by atoms with Crippen LogP contribution in [0.2, 0.25) is 0 Å². The zero-order chi connectivity index (χ0) is 18.9. The first-order valence-electron chi connectivity index (χ1n) is 8.39. The minimum atomic E-state index is -0.333. The van der Waals surface area contributed by atoms with Gasteiger partial charge in [0.25, 0.3) is 0 Å². The summed E-state index contributed by atoms with van der Waals surface area (Å²) in [5.74, 6) is 0.738. The molecule has 0 aliphatic carbocycles. The molecule has 1 aromatic heterocycles. The van der Waals surface area contributed by atoms with Gasteiger partial charge in [0.05, 0.1) is 17.3 Å². The fourth-order valence-corrected chi connectivity index (χ4v) is 2.37. The van der Waals surface area contributed by atoms with Crippen molar-refractivity contribution in [1.29, 1.82) is 5.26 Å². The number of ether oxygens (including phenoxy) is 1. The SMILES string of the molecule is N#Cc1cccc(NC(=O)NCc2ccc(OCc3ccccn3)cc2)c1. The largest absolute Gasteiger partial charge is 0.487 e. The van der Waals surface area contributed by atoms with Gasteiger partial charge in [0.15, 0.2) is 0 Å². The van der Waals surface area contributed by atoms with Crippen molar-refractivity contribution >= 4 is 11.7 Å². The van der Waals surface area contributed by atoms with Crippen LogP contribution in [0, 0.1) is 11.3 Å². The molecule has 0 aliphatic heterocycles. The molecular weight excluding hydrogens is 340 g/mol. The zero-order valence-electron chi connectivity index (χ0n) is 14.6. The molecule has 3 aromatic rings. The highest BCUT2D eigenvalue weighted by atomic mass is 16.5. The molecule has 6 nitrogen and oxygen atoms in total. The second-order valence-electron chi connectivity index (χ2n) is 5.75. The van der Waals surface area contributed by atoms with E-state index in [0.717, 1.165) is 17.0 Å². The summed E-state index contributed by atoms with van der Waals surface area (Å²) in [6, 6.07) is 21.6. The van der Waals surface area contributed by atoms with E-state index in [2.05, 4.69) is 15.6 Å². The first kappa shape index (κ1) is 18.0. The molecule has 0 atom stereocenters. The van der Waals surface area contributed by atoms with Crippen LogP contribution in [0.4, 0.5) is 10.5 Å². The molecule has 0 spiro atoms. The van der Waals surface area contributed by atoms with Gasteiger partial charge in [-0.2, -0.15) is 5.26 Å². The Hall–Kier alpha value is -3.85. The molecule has 6 heteroatoms. The second kappa shape index (κ2) is 9.02. The molecule has 0 saturated heterocycles. The molecule has 2 aromatic carbocycles. The van der Waals surface area contributed by atoms with Gasteiger partial charge in [0.2, 0.25) is 0 Å². The number of pyridine rings is 1. The van der Waals surface area contributed by atoms with E-state index in [-0.39, 0.29) is 6.03 Å². The molecule has 2 N–H and O–H groups in total. The van der Waals surface area contributed by atoms with Crippen molar-refractivity contribution in [3.63, 3.8) is 0 Å². The maximum atomic E-state index is 12.0. The molecule has 3 rings (SSSR count). The van der Waals surface area contributed by atoms with Crippen LogP contribution >= 0.6 is 0 Å². The van der Waals surface area contributed by atoms with Crippen molar-refractivity contribution in [2.24, 2.45) is 0 Å². The fourth-order valence-electron chi connectivity index (χ4n) is 2.37. The molecule has 0 bridgehead atoms. The van der Waals surface area contributed by atoms with Gasteiger partial charge in [-0.1, -0.05) is 24.3 Å². The second-order valence-corrected chi connectivity index (χ2v) is 5.75. The standard InChI is InChI=1S/C21H18N4O2/c22-13-17-4-3-6-18(12-17)25-21(26)24-14-16-7-9-20(10-8-16)27-15-19-5-1-2-11-23-19/h1-12H,14-15H2,(H2,24,25,26). The normalized spacial score (nSPS) is 9.89. The molecule has 0 saturated carbocycles. The molecule has 0 fully saturated rings. The van der Waals surface area contributed by atoms with E-state index in [0.29, 0.717) is 24.4 Å². The highest BCUT2D eigenvalue weighted by Gasteiger charge is 2.03. The fraction of sp³-hybridized carbons (Fsp3) is 0.0952. The van der Waals surface area contributed by atoms with Crippen molar-refractivity contribution < 1.29 is 9.53 Å². The molecular formula is C21H18N4O2. The first-order chi connectivity index (χ1) is 13.2. The minimum absolute atomic E-state index is 0.333. The Morgan fingerprint density at radius 1 is 1.07 bits per heavy atom. The van der Waals surface area contributed by atoms with E-state index in [1.807, 2.05) is 48.5 Å². The number of nitrogens with one attached hydrogen (secondary N) is 2.